The molecule has 0 atom stereocenters. The van der Waals surface area contributed by atoms with E-state index in [-0.39, 0.29) is 5.91 Å². The molecule has 6 heteroatoms. The van der Waals surface area contributed by atoms with Gasteiger partial charge in [0.15, 0.2) is 5.17 Å². The summed E-state index contributed by atoms with van der Waals surface area (Å²) in [4.78, 5) is 22.4. The Labute approximate surface area is 151 Å². The summed E-state index contributed by atoms with van der Waals surface area (Å²) in [6.45, 7) is 8.58. The Morgan fingerprint density at radius 2 is 2.20 bits per heavy atom. The number of H-pyrrole nitrogens is 1. The number of benzene rings is 1. The van der Waals surface area contributed by atoms with Crippen molar-refractivity contribution >= 4 is 33.7 Å². The summed E-state index contributed by atoms with van der Waals surface area (Å²) in [6, 6.07) is 4.35. The van der Waals surface area contributed by atoms with Crippen LogP contribution in [0.3, 0.4) is 0 Å². The second-order valence-electron chi connectivity index (χ2n) is 6.72. The van der Waals surface area contributed by atoms with Crippen LogP contribution in [0.5, 0.6) is 0 Å². The van der Waals surface area contributed by atoms with Crippen molar-refractivity contribution in [2.75, 3.05) is 13.1 Å². The largest absolute Gasteiger partial charge is 0.358 e. The summed E-state index contributed by atoms with van der Waals surface area (Å²) in [7, 11) is 0. The highest BCUT2D eigenvalue weighted by molar-refractivity contribution is 8.16. The monoisotopic (exact) mass is 354 g/mol. The molecule has 1 amide bonds. The summed E-state index contributed by atoms with van der Waals surface area (Å²) in [5.74, 6) is 0.0506. The van der Waals surface area contributed by atoms with Crippen molar-refractivity contribution in [3.05, 3.63) is 45.6 Å². The Morgan fingerprint density at radius 1 is 1.36 bits per heavy atom. The topological polar surface area (TPSA) is 60.5 Å². The van der Waals surface area contributed by atoms with E-state index in [1.165, 1.54) is 22.2 Å². The van der Waals surface area contributed by atoms with Crippen LogP contribution in [0.2, 0.25) is 0 Å². The Morgan fingerprint density at radius 3 is 3.04 bits per heavy atom. The summed E-state index contributed by atoms with van der Waals surface area (Å²) < 4.78 is 0. The molecular formula is C19H22N4OS. The quantitative estimate of drug-likeness (QED) is 0.885. The zero-order valence-electron chi connectivity index (χ0n) is 14.8. The van der Waals surface area contributed by atoms with Gasteiger partial charge in [0.25, 0.3) is 0 Å². The second-order valence-corrected chi connectivity index (χ2v) is 7.55. The number of aliphatic imine (C=N–C) groups is 1. The minimum atomic E-state index is 0.0506. The van der Waals surface area contributed by atoms with Gasteiger partial charge in [0.05, 0.1) is 18.5 Å². The smallest absolute Gasteiger partial charge is 0.226 e. The molecule has 4 rings (SSSR count). The number of aryl methyl sites for hydroxylation is 3. The fraction of sp³-hybridized carbons (Fsp3) is 0.368. The first kappa shape index (κ1) is 16.3. The van der Waals surface area contributed by atoms with Crippen LogP contribution < -0.4 is 5.32 Å². The van der Waals surface area contributed by atoms with Crippen LogP contribution in [0, 0.1) is 20.8 Å². The van der Waals surface area contributed by atoms with Crippen LogP contribution in [0.25, 0.3) is 10.9 Å². The first-order chi connectivity index (χ1) is 12.0. The zero-order chi connectivity index (χ0) is 17.6. The highest BCUT2D eigenvalue weighted by atomic mass is 32.2. The van der Waals surface area contributed by atoms with Crippen molar-refractivity contribution in [2.45, 2.75) is 33.7 Å². The Hall–Kier alpha value is -2.21. The molecule has 0 saturated carbocycles. The van der Waals surface area contributed by atoms with Crippen molar-refractivity contribution in [3.63, 3.8) is 0 Å². The van der Waals surface area contributed by atoms with E-state index in [1.54, 1.807) is 11.8 Å². The van der Waals surface area contributed by atoms with Crippen LogP contribution in [-0.2, 0) is 11.3 Å². The maximum atomic E-state index is 12.4. The molecule has 2 aromatic rings. The summed E-state index contributed by atoms with van der Waals surface area (Å²) in [5.41, 5.74) is 7.00. The highest BCUT2D eigenvalue weighted by Crippen LogP contribution is 2.31. The third-order valence-electron chi connectivity index (χ3n) is 4.91. The average molecular weight is 354 g/mol. The third kappa shape index (κ3) is 2.95. The highest BCUT2D eigenvalue weighted by Gasteiger charge is 2.27. The lowest BCUT2D eigenvalue weighted by Gasteiger charge is -2.16. The number of nitrogens with one attached hydrogen (secondary N) is 2. The molecule has 0 aliphatic carbocycles. The fourth-order valence-electron chi connectivity index (χ4n) is 3.46. The molecule has 0 unspecified atom stereocenters. The third-order valence-corrected chi connectivity index (χ3v) is 5.86. The van der Waals surface area contributed by atoms with Crippen LogP contribution in [-0.4, -0.2) is 34.0 Å². The molecule has 0 saturated heterocycles. The van der Waals surface area contributed by atoms with Crippen LogP contribution >= 0.6 is 11.8 Å². The fourth-order valence-corrected chi connectivity index (χ4v) is 4.42. The number of carbonyl (C=O) groups is 1. The number of aromatic amines is 1. The first-order valence-corrected chi connectivity index (χ1v) is 9.43. The molecule has 0 radical (unpaired) electrons. The molecule has 2 aliphatic heterocycles. The maximum absolute atomic E-state index is 12.4. The minimum absolute atomic E-state index is 0.0506. The van der Waals surface area contributed by atoms with Gasteiger partial charge >= 0.3 is 0 Å². The van der Waals surface area contributed by atoms with Crippen molar-refractivity contribution in [2.24, 2.45) is 4.99 Å². The van der Waals surface area contributed by atoms with E-state index < -0.39 is 0 Å². The Kier molecular flexibility index (Phi) is 4.07. The van der Waals surface area contributed by atoms with Gasteiger partial charge in [0.1, 0.15) is 0 Å². The van der Waals surface area contributed by atoms with Crippen molar-refractivity contribution in [3.8, 4) is 0 Å². The van der Waals surface area contributed by atoms with Crippen molar-refractivity contribution in [1.82, 2.24) is 15.2 Å². The van der Waals surface area contributed by atoms with E-state index in [4.69, 9.17) is 0 Å². The summed E-state index contributed by atoms with van der Waals surface area (Å²) in [6.07, 6.45) is 0.407. The SMILES string of the molecule is Cc1cc(CNC(=O)CC2=CSC3=NCCN23)c2[nH]c(C)c(C)c2c1. The minimum Gasteiger partial charge on any atom is -0.358 e. The van der Waals surface area contributed by atoms with Gasteiger partial charge in [0.2, 0.25) is 5.91 Å². The number of thioether (sulfide) groups is 1. The van der Waals surface area contributed by atoms with E-state index in [0.29, 0.717) is 13.0 Å². The standard InChI is InChI=1S/C19H22N4OS/c1-11-6-14(18-16(7-11)12(2)13(3)22-18)9-21-17(24)8-15-10-25-19-20-4-5-23(15)19/h6-7,10,22H,4-5,8-9H2,1-3H3,(H,21,24). The number of fused-ring (bicyclic) bond motifs is 2. The molecule has 130 valence electrons. The van der Waals surface area contributed by atoms with Gasteiger partial charge in [-0.15, -0.1) is 0 Å². The molecule has 5 nitrogen and oxygen atoms in total. The molecule has 1 aromatic heterocycles. The van der Waals surface area contributed by atoms with E-state index in [2.05, 4.69) is 53.1 Å². The normalized spacial score (nSPS) is 16.2. The van der Waals surface area contributed by atoms with Gasteiger partial charge in [-0.2, -0.15) is 0 Å². The molecule has 0 spiro atoms. The summed E-state index contributed by atoms with van der Waals surface area (Å²) in [5, 5.41) is 7.39. The van der Waals surface area contributed by atoms with Gasteiger partial charge in [-0.25, -0.2) is 0 Å². The van der Waals surface area contributed by atoms with Crippen LogP contribution in [0.1, 0.15) is 28.8 Å². The number of nitrogens with zero attached hydrogens (tertiary/aromatic N) is 2. The lowest BCUT2D eigenvalue weighted by molar-refractivity contribution is -0.120. The number of amidine groups is 1. The number of aromatic nitrogens is 1. The van der Waals surface area contributed by atoms with Gasteiger partial charge < -0.3 is 15.2 Å². The van der Waals surface area contributed by atoms with Crippen molar-refractivity contribution in [1.29, 1.82) is 0 Å². The number of hydrogen-bond donors (Lipinski definition) is 2. The second kappa shape index (κ2) is 6.26. The number of rotatable bonds is 4. The van der Waals surface area contributed by atoms with E-state index >= 15 is 0 Å². The Balaban J connectivity index is 1.46. The molecule has 0 bridgehead atoms. The summed E-state index contributed by atoms with van der Waals surface area (Å²) >= 11 is 1.61. The Bertz CT molecular complexity index is 925. The molecule has 2 N–H and O–H groups in total. The molecular weight excluding hydrogens is 332 g/mol. The van der Waals surface area contributed by atoms with E-state index in [9.17, 15) is 4.79 Å². The molecule has 3 heterocycles. The molecule has 25 heavy (non-hydrogen) atoms. The van der Waals surface area contributed by atoms with Gasteiger partial charge in [-0.1, -0.05) is 23.4 Å². The van der Waals surface area contributed by atoms with E-state index in [1.807, 2.05) is 5.41 Å². The molecule has 2 aliphatic rings. The molecule has 1 aromatic carbocycles. The van der Waals surface area contributed by atoms with E-state index in [0.717, 1.165) is 35.0 Å². The van der Waals surface area contributed by atoms with Crippen LogP contribution in [0.15, 0.2) is 28.2 Å². The number of carbonyl (C=O) groups excluding carboxylic acids is 1. The predicted molar refractivity (Wildman–Crippen MR) is 104 cm³/mol. The van der Waals surface area contributed by atoms with Crippen LogP contribution in [0.4, 0.5) is 0 Å². The van der Waals surface area contributed by atoms with Gasteiger partial charge in [0, 0.05) is 29.9 Å². The first-order valence-electron chi connectivity index (χ1n) is 8.55. The number of hydrogen-bond acceptors (Lipinski definition) is 4. The maximum Gasteiger partial charge on any atom is 0.226 e. The lowest BCUT2D eigenvalue weighted by Crippen LogP contribution is -2.28. The lowest BCUT2D eigenvalue weighted by atomic mass is 10.0. The van der Waals surface area contributed by atoms with Crippen molar-refractivity contribution < 1.29 is 4.79 Å². The number of amides is 1. The average Bonchev–Trinajstić information content (AvgIpc) is 3.25. The van der Waals surface area contributed by atoms with Gasteiger partial charge in [-0.05, 0) is 43.4 Å². The predicted octanol–water partition coefficient (Wildman–Crippen LogP) is 3.36. The van der Waals surface area contributed by atoms with Gasteiger partial charge in [-0.3, -0.25) is 9.79 Å². The zero-order valence-corrected chi connectivity index (χ0v) is 15.6. The molecule has 0 fully saturated rings.